The minimum Gasteiger partial charge on any atom is -0.471 e. The molecule has 0 N–H and O–H groups in total. The van der Waals surface area contributed by atoms with Gasteiger partial charge in [0.15, 0.2) is 12.4 Å². The second-order valence-corrected chi connectivity index (χ2v) is 8.64. The van der Waals surface area contributed by atoms with Crippen LogP contribution in [0.15, 0.2) is 48.7 Å². The lowest BCUT2D eigenvalue weighted by molar-refractivity contribution is 0.0621. The van der Waals surface area contributed by atoms with Crippen molar-refractivity contribution < 1.29 is 13.9 Å². The summed E-state index contributed by atoms with van der Waals surface area (Å²) in [4.78, 5) is 16.9. The minimum absolute atomic E-state index is 0.0173. The Labute approximate surface area is 200 Å². The van der Waals surface area contributed by atoms with Crippen LogP contribution in [0.4, 0.5) is 4.39 Å². The zero-order chi connectivity index (χ0) is 22.7. The molecule has 2 heterocycles. The number of aromatic nitrogens is 2. The molecule has 1 fully saturated rings. The van der Waals surface area contributed by atoms with Crippen molar-refractivity contribution in [2.75, 3.05) is 26.2 Å². The van der Waals surface area contributed by atoms with E-state index in [9.17, 15) is 9.18 Å². The van der Waals surface area contributed by atoms with Gasteiger partial charge in [0.25, 0.3) is 5.91 Å². The van der Waals surface area contributed by atoms with E-state index in [4.69, 9.17) is 39.5 Å². The molecular formula is C22H20Cl3FN4O2. The van der Waals surface area contributed by atoms with E-state index in [1.54, 1.807) is 23.2 Å². The van der Waals surface area contributed by atoms with Crippen LogP contribution in [0, 0.1) is 5.82 Å². The molecule has 0 bridgehead atoms. The summed E-state index contributed by atoms with van der Waals surface area (Å²) >= 11 is 18.0. The number of amides is 1. The topological polar surface area (TPSA) is 50.6 Å². The summed E-state index contributed by atoms with van der Waals surface area (Å²) in [5.41, 5.74) is 1.36. The molecule has 168 valence electrons. The number of rotatable bonds is 6. The number of hydrogen-bond acceptors (Lipinski definition) is 4. The highest BCUT2D eigenvalue weighted by Gasteiger charge is 2.24. The molecule has 1 aliphatic rings. The fourth-order valence-corrected chi connectivity index (χ4v) is 4.06. The summed E-state index contributed by atoms with van der Waals surface area (Å²) in [5.74, 6) is -0.225. The van der Waals surface area contributed by atoms with Gasteiger partial charge in [-0.25, -0.2) is 9.07 Å². The first-order valence-electron chi connectivity index (χ1n) is 9.96. The third kappa shape index (κ3) is 5.53. The molecule has 2 aromatic carbocycles. The predicted molar refractivity (Wildman–Crippen MR) is 122 cm³/mol. The quantitative estimate of drug-likeness (QED) is 0.482. The van der Waals surface area contributed by atoms with Crippen LogP contribution in [0.2, 0.25) is 15.1 Å². The summed E-state index contributed by atoms with van der Waals surface area (Å²) in [6.07, 6.45) is 1.66. The number of carbonyl (C=O) groups is 1. The average Bonchev–Trinajstić information content (AvgIpc) is 3.26. The van der Waals surface area contributed by atoms with E-state index < -0.39 is 5.82 Å². The third-order valence-corrected chi connectivity index (χ3v) is 6.06. The normalized spacial score (nSPS) is 14.6. The Morgan fingerprint density at radius 3 is 2.50 bits per heavy atom. The van der Waals surface area contributed by atoms with Crippen LogP contribution >= 0.6 is 34.8 Å². The molecule has 0 radical (unpaired) electrons. The van der Waals surface area contributed by atoms with Crippen LogP contribution in [0.5, 0.6) is 5.75 Å². The number of nitrogens with zero attached hydrogens (tertiary/aromatic N) is 4. The van der Waals surface area contributed by atoms with Gasteiger partial charge in [0.05, 0.1) is 5.02 Å². The lowest BCUT2D eigenvalue weighted by Crippen LogP contribution is -2.48. The number of piperazine rings is 1. The van der Waals surface area contributed by atoms with Gasteiger partial charge in [-0.15, -0.1) is 0 Å². The van der Waals surface area contributed by atoms with Crippen molar-refractivity contribution in [2.24, 2.45) is 0 Å². The van der Waals surface area contributed by atoms with E-state index in [1.807, 2.05) is 12.1 Å². The van der Waals surface area contributed by atoms with E-state index in [0.717, 1.165) is 18.7 Å². The van der Waals surface area contributed by atoms with Gasteiger partial charge in [0.1, 0.15) is 11.6 Å². The van der Waals surface area contributed by atoms with Crippen molar-refractivity contribution in [1.82, 2.24) is 19.6 Å². The van der Waals surface area contributed by atoms with Gasteiger partial charge in [-0.2, -0.15) is 5.10 Å². The molecule has 6 nitrogen and oxygen atoms in total. The SMILES string of the molecule is O=C(c1ccn(COc2ccc(F)c(Cl)c2)n1)N1CCN(Cc2ccc(Cl)cc2Cl)CC1. The van der Waals surface area contributed by atoms with Crippen LogP contribution in [0.1, 0.15) is 16.1 Å². The molecule has 3 aromatic rings. The van der Waals surface area contributed by atoms with Gasteiger partial charge in [0, 0.05) is 55.0 Å². The number of ether oxygens (including phenoxy) is 1. The maximum absolute atomic E-state index is 13.2. The van der Waals surface area contributed by atoms with Crippen LogP contribution < -0.4 is 4.74 Å². The average molecular weight is 498 g/mol. The molecule has 0 atom stereocenters. The molecule has 1 saturated heterocycles. The van der Waals surface area contributed by atoms with Crippen molar-refractivity contribution in [3.05, 3.63) is 80.8 Å². The van der Waals surface area contributed by atoms with E-state index in [0.29, 0.717) is 41.1 Å². The van der Waals surface area contributed by atoms with Crippen molar-refractivity contribution in [3.8, 4) is 5.75 Å². The Bertz CT molecular complexity index is 1120. The van der Waals surface area contributed by atoms with E-state index in [1.165, 1.54) is 22.9 Å². The Hall–Kier alpha value is -2.32. The van der Waals surface area contributed by atoms with Gasteiger partial charge in [-0.3, -0.25) is 9.69 Å². The molecular weight excluding hydrogens is 478 g/mol. The molecule has 1 amide bonds. The second-order valence-electron chi connectivity index (χ2n) is 7.39. The number of carbonyl (C=O) groups excluding carboxylic acids is 1. The monoisotopic (exact) mass is 496 g/mol. The second kappa shape index (κ2) is 10.1. The third-order valence-electron chi connectivity index (χ3n) is 5.18. The van der Waals surface area contributed by atoms with Crippen molar-refractivity contribution in [1.29, 1.82) is 0 Å². The van der Waals surface area contributed by atoms with Crippen LogP contribution in [-0.2, 0) is 13.3 Å². The molecule has 10 heteroatoms. The summed E-state index contributed by atoms with van der Waals surface area (Å²) in [7, 11) is 0. The van der Waals surface area contributed by atoms with Gasteiger partial charge in [-0.05, 0) is 35.9 Å². The standard InChI is InChI=1S/C22H20Cl3FN4O2/c23-16-2-1-15(18(24)11-16)13-28-7-9-29(10-8-28)22(31)21-5-6-30(27-21)14-32-17-3-4-20(26)19(25)12-17/h1-6,11-12H,7-10,13-14H2. The molecule has 4 rings (SSSR count). The summed E-state index contributed by atoms with van der Waals surface area (Å²) in [6.45, 7) is 3.45. The van der Waals surface area contributed by atoms with E-state index in [2.05, 4.69) is 10.00 Å². The highest BCUT2D eigenvalue weighted by Crippen LogP contribution is 2.23. The predicted octanol–water partition coefficient (Wildman–Crippen LogP) is 4.98. The maximum atomic E-state index is 13.2. The first-order chi connectivity index (χ1) is 15.4. The molecule has 32 heavy (non-hydrogen) atoms. The van der Waals surface area contributed by atoms with Gasteiger partial charge in [0.2, 0.25) is 0 Å². The molecule has 0 spiro atoms. The number of hydrogen-bond donors (Lipinski definition) is 0. The lowest BCUT2D eigenvalue weighted by atomic mass is 10.2. The summed E-state index contributed by atoms with van der Waals surface area (Å²) in [6, 6.07) is 11.3. The number of benzene rings is 2. The lowest BCUT2D eigenvalue weighted by Gasteiger charge is -2.34. The molecule has 0 saturated carbocycles. The molecule has 0 unspecified atom stereocenters. The largest absolute Gasteiger partial charge is 0.471 e. The molecule has 0 aliphatic carbocycles. The zero-order valence-electron chi connectivity index (χ0n) is 17.0. The summed E-state index contributed by atoms with van der Waals surface area (Å²) < 4.78 is 20.3. The van der Waals surface area contributed by atoms with Crippen molar-refractivity contribution in [2.45, 2.75) is 13.3 Å². The van der Waals surface area contributed by atoms with Crippen LogP contribution in [0.3, 0.4) is 0 Å². The Kier molecular flexibility index (Phi) is 7.20. The smallest absolute Gasteiger partial charge is 0.274 e. The van der Waals surface area contributed by atoms with Crippen LogP contribution in [0.25, 0.3) is 0 Å². The van der Waals surface area contributed by atoms with Gasteiger partial charge < -0.3 is 9.64 Å². The minimum atomic E-state index is -0.512. The fourth-order valence-electron chi connectivity index (χ4n) is 3.42. The van der Waals surface area contributed by atoms with Gasteiger partial charge in [-0.1, -0.05) is 40.9 Å². The van der Waals surface area contributed by atoms with Crippen molar-refractivity contribution >= 4 is 40.7 Å². The van der Waals surface area contributed by atoms with Gasteiger partial charge >= 0.3 is 0 Å². The van der Waals surface area contributed by atoms with Crippen LogP contribution in [-0.4, -0.2) is 51.7 Å². The first-order valence-corrected chi connectivity index (χ1v) is 11.1. The van der Waals surface area contributed by atoms with E-state index in [-0.39, 0.29) is 17.7 Å². The molecule has 1 aliphatic heterocycles. The van der Waals surface area contributed by atoms with Crippen molar-refractivity contribution in [3.63, 3.8) is 0 Å². The first kappa shape index (κ1) is 22.9. The highest BCUT2D eigenvalue weighted by molar-refractivity contribution is 6.35. The molecule has 1 aromatic heterocycles. The Balaban J connectivity index is 1.28. The maximum Gasteiger partial charge on any atom is 0.274 e. The van der Waals surface area contributed by atoms with E-state index >= 15 is 0 Å². The number of halogens is 4. The summed E-state index contributed by atoms with van der Waals surface area (Å²) in [5, 5.41) is 5.54. The fraction of sp³-hybridized carbons (Fsp3) is 0.273. The zero-order valence-corrected chi connectivity index (χ0v) is 19.2. The Morgan fingerprint density at radius 2 is 1.78 bits per heavy atom. The highest BCUT2D eigenvalue weighted by atomic mass is 35.5. The Morgan fingerprint density at radius 1 is 1.00 bits per heavy atom.